The van der Waals surface area contributed by atoms with Gasteiger partial charge >= 0.3 is 0 Å². The van der Waals surface area contributed by atoms with Gasteiger partial charge in [-0.3, -0.25) is 14.5 Å². The summed E-state index contributed by atoms with van der Waals surface area (Å²) in [5.41, 5.74) is 2.68. The molecule has 2 amide bonds. The van der Waals surface area contributed by atoms with Gasteiger partial charge in [-0.15, -0.1) is 11.3 Å². The number of aromatic nitrogens is 1. The first-order valence-electron chi connectivity index (χ1n) is 12.3. The highest BCUT2D eigenvalue weighted by Gasteiger charge is 2.24. The van der Waals surface area contributed by atoms with E-state index in [-0.39, 0.29) is 11.8 Å². The number of thiazole rings is 1. The molecular weight excluding hydrogens is 490 g/mol. The second-order valence-electron chi connectivity index (χ2n) is 8.73. The summed E-state index contributed by atoms with van der Waals surface area (Å²) < 4.78 is 10.6. The molecule has 3 aromatic rings. The van der Waals surface area contributed by atoms with E-state index in [1.165, 1.54) is 11.3 Å². The number of methoxy groups -OCH3 is 2. The number of hydrogen-bond acceptors (Lipinski definition) is 8. The second-order valence-corrected chi connectivity index (χ2v) is 9.59. The van der Waals surface area contributed by atoms with E-state index < -0.39 is 0 Å². The van der Waals surface area contributed by atoms with Gasteiger partial charge in [-0.25, -0.2) is 4.98 Å². The fourth-order valence-corrected chi connectivity index (χ4v) is 4.82. The predicted octanol–water partition coefficient (Wildman–Crippen LogP) is 2.89. The van der Waals surface area contributed by atoms with Crippen molar-refractivity contribution in [3.8, 4) is 11.5 Å². The summed E-state index contributed by atoms with van der Waals surface area (Å²) in [6.07, 6.45) is 0.699. The normalized spacial score (nSPS) is 13.7. The van der Waals surface area contributed by atoms with Crippen LogP contribution in [-0.2, 0) is 17.8 Å². The van der Waals surface area contributed by atoms with E-state index in [1.807, 2.05) is 53.4 Å². The van der Waals surface area contributed by atoms with Gasteiger partial charge in [0, 0.05) is 44.6 Å². The van der Waals surface area contributed by atoms with Crippen molar-refractivity contribution in [1.29, 1.82) is 0 Å². The summed E-state index contributed by atoms with van der Waals surface area (Å²) in [5.74, 6) is 1.27. The molecule has 9 nitrogen and oxygen atoms in total. The van der Waals surface area contributed by atoms with Gasteiger partial charge in [0.1, 0.15) is 5.69 Å². The standard InChI is InChI=1S/C27H33N5O4S/c1-35-23-9-8-20(16-24(23)36-2)10-11-28-25(33)18-31-12-14-32(15-13-31)26(34)22-19-37-27(30-22)29-17-21-6-4-3-5-7-21/h3-9,16,19H,10-15,17-18H2,1-2H3,(H,28,33)(H,29,30). The van der Waals surface area contributed by atoms with E-state index in [9.17, 15) is 9.59 Å². The zero-order chi connectivity index (χ0) is 26.0. The maximum Gasteiger partial charge on any atom is 0.273 e. The lowest BCUT2D eigenvalue weighted by Crippen LogP contribution is -2.51. The molecule has 196 valence electrons. The predicted molar refractivity (Wildman–Crippen MR) is 144 cm³/mol. The molecular formula is C27H33N5O4S. The number of carbonyl (C=O) groups excluding carboxylic acids is 2. The number of nitrogens with one attached hydrogen (secondary N) is 2. The average Bonchev–Trinajstić information content (AvgIpc) is 3.41. The SMILES string of the molecule is COc1ccc(CCNC(=O)CN2CCN(C(=O)c3csc(NCc4ccccc4)n3)CC2)cc1OC. The number of ether oxygens (including phenoxy) is 2. The smallest absolute Gasteiger partial charge is 0.273 e. The number of nitrogens with zero attached hydrogens (tertiary/aromatic N) is 3. The first-order valence-corrected chi connectivity index (χ1v) is 13.2. The highest BCUT2D eigenvalue weighted by Crippen LogP contribution is 2.27. The van der Waals surface area contributed by atoms with Gasteiger partial charge < -0.3 is 25.0 Å². The maximum atomic E-state index is 12.9. The molecule has 2 aromatic carbocycles. The molecule has 0 saturated carbocycles. The van der Waals surface area contributed by atoms with E-state index in [1.54, 1.807) is 19.6 Å². The summed E-state index contributed by atoms with van der Waals surface area (Å²) in [5, 5.41) is 8.79. The summed E-state index contributed by atoms with van der Waals surface area (Å²) in [6.45, 7) is 3.97. The molecule has 1 fully saturated rings. The Morgan fingerprint density at radius 3 is 2.46 bits per heavy atom. The molecule has 4 rings (SSSR count). The van der Waals surface area contributed by atoms with Crippen LogP contribution in [0.2, 0.25) is 0 Å². The minimum Gasteiger partial charge on any atom is -0.493 e. The van der Waals surface area contributed by atoms with Crippen molar-refractivity contribution in [2.24, 2.45) is 0 Å². The summed E-state index contributed by atoms with van der Waals surface area (Å²) in [4.78, 5) is 33.7. The Bertz CT molecular complexity index is 1180. The topological polar surface area (TPSA) is 96.0 Å². The molecule has 10 heteroatoms. The Balaban J connectivity index is 1.16. The van der Waals surface area contributed by atoms with E-state index >= 15 is 0 Å². The third kappa shape index (κ3) is 7.43. The van der Waals surface area contributed by atoms with Gasteiger partial charge in [-0.2, -0.15) is 0 Å². The zero-order valence-electron chi connectivity index (χ0n) is 21.2. The molecule has 0 unspecified atom stereocenters. The van der Waals surface area contributed by atoms with Gasteiger partial charge in [-0.05, 0) is 29.7 Å². The number of carbonyl (C=O) groups is 2. The first kappa shape index (κ1) is 26.4. The molecule has 1 aliphatic heterocycles. The second kappa shape index (κ2) is 13.1. The molecule has 1 saturated heterocycles. The fraction of sp³-hybridized carbons (Fsp3) is 0.370. The molecule has 0 spiro atoms. The van der Waals surface area contributed by atoms with E-state index in [2.05, 4.69) is 20.5 Å². The van der Waals surface area contributed by atoms with Crippen LogP contribution in [0.25, 0.3) is 0 Å². The molecule has 2 N–H and O–H groups in total. The van der Waals surface area contributed by atoms with Crippen molar-refractivity contribution < 1.29 is 19.1 Å². The molecule has 0 aliphatic carbocycles. The monoisotopic (exact) mass is 523 g/mol. The van der Waals surface area contributed by atoms with Crippen LogP contribution in [0.5, 0.6) is 11.5 Å². The van der Waals surface area contributed by atoms with Crippen molar-refractivity contribution in [1.82, 2.24) is 20.1 Å². The van der Waals surface area contributed by atoms with Gasteiger partial charge in [0.25, 0.3) is 5.91 Å². The van der Waals surface area contributed by atoms with Crippen LogP contribution in [0.3, 0.4) is 0 Å². The Labute approximate surface area is 221 Å². The summed E-state index contributed by atoms with van der Waals surface area (Å²) in [7, 11) is 3.21. The first-order chi connectivity index (χ1) is 18.1. The Kier molecular flexibility index (Phi) is 9.34. The van der Waals surface area contributed by atoms with Crippen molar-refractivity contribution >= 4 is 28.3 Å². The number of anilines is 1. The molecule has 2 heterocycles. The fourth-order valence-electron chi connectivity index (χ4n) is 4.14. The molecule has 1 aliphatic rings. The van der Waals surface area contributed by atoms with Crippen LogP contribution in [0.15, 0.2) is 53.9 Å². The van der Waals surface area contributed by atoms with Crippen molar-refractivity contribution in [3.63, 3.8) is 0 Å². The van der Waals surface area contributed by atoms with Crippen LogP contribution in [0, 0.1) is 0 Å². The Hall–Kier alpha value is -3.63. The van der Waals surface area contributed by atoms with E-state index in [0.717, 1.165) is 16.3 Å². The number of amides is 2. The van der Waals surface area contributed by atoms with Crippen molar-refractivity contribution in [3.05, 3.63) is 70.7 Å². The van der Waals surface area contributed by atoms with Gasteiger partial charge in [0.2, 0.25) is 5.91 Å². The summed E-state index contributed by atoms with van der Waals surface area (Å²) in [6, 6.07) is 15.8. The lowest BCUT2D eigenvalue weighted by molar-refractivity contribution is -0.122. The minimum absolute atomic E-state index is 0.0195. The lowest BCUT2D eigenvalue weighted by Gasteiger charge is -2.33. The average molecular weight is 524 g/mol. The number of hydrogen-bond donors (Lipinski definition) is 2. The number of piperazine rings is 1. The molecule has 0 atom stereocenters. The quantitative estimate of drug-likeness (QED) is 0.399. The largest absolute Gasteiger partial charge is 0.493 e. The van der Waals surface area contributed by atoms with Crippen molar-refractivity contribution in [2.75, 3.05) is 58.8 Å². The Morgan fingerprint density at radius 1 is 0.973 bits per heavy atom. The molecule has 1 aromatic heterocycles. The highest BCUT2D eigenvalue weighted by atomic mass is 32.1. The van der Waals surface area contributed by atoms with Crippen LogP contribution in [0.4, 0.5) is 5.13 Å². The maximum absolute atomic E-state index is 12.9. The molecule has 0 bridgehead atoms. The highest BCUT2D eigenvalue weighted by molar-refractivity contribution is 7.13. The molecule has 37 heavy (non-hydrogen) atoms. The van der Waals surface area contributed by atoms with Crippen LogP contribution < -0.4 is 20.1 Å². The van der Waals surface area contributed by atoms with Gasteiger partial charge in [0.05, 0.1) is 20.8 Å². The Morgan fingerprint density at radius 2 is 1.73 bits per heavy atom. The lowest BCUT2D eigenvalue weighted by atomic mass is 10.1. The van der Waals surface area contributed by atoms with Crippen molar-refractivity contribution in [2.45, 2.75) is 13.0 Å². The summed E-state index contributed by atoms with van der Waals surface area (Å²) >= 11 is 1.43. The van der Waals surface area contributed by atoms with E-state index in [4.69, 9.17) is 9.47 Å². The van der Waals surface area contributed by atoms with Crippen LogP contribution in [0.1, 0.15) is 21.6 Å². The van der Waals surface area contributed by atoms with E-state index in [0.29, 0.717) is 69.4 Å². The minimum atomic E-state index is -0.0666. The van der Waals surface area contributed by atoms with Crippen LogP contribution >= 0.6 is 11.3 Å². The molecule has 0 radical (unpaired) electrons. The van der Waals surface area contributed by atoms with Gasteiger partial charge in [0.15, 0.2) is 16.6 Å². The number of benzene rings is 2. The number of rotatable bonds is 11. The van der Waals surface area contributed by atoms with Crippen LogP contribution in [-0.4, -0.2) is 80.1 Å². The third-order valence-electron chi connectivity index (χ3n) is 6.22. The third-order valence-corrected chi connectivity index (χ3v) is 7.02. The zero-order valence-corrected chi connectivity index (χ0v) is 22.1. The van der Waals surface area contributed by atoms with Gasteiger partial charge in [-0.1, -0.05) is 36.4 Å².